The first-order chi connectivity index (χ1) is 15.5. The summed E-state index contributed by atoms with van der Waals surface area (Å²) in [5.74, 6) is -0.154. The largest absolute Gasteiger partial charge is 0.367 e. The van der Waals surface area contributed by atoms with E-state index in [1.807, 2.05) is 30.3 Å². The van der Waals surface area contributed by atoms with E-state index >= 15 is 0 Å². The normalized spacial score (nSPS) is 16.4. The van der Waals surface area contributed by atoms with Crippen LogP contribution >= 0.6 is 23.6 Å². The number of nitrogens with one attached hydrogen (secondary N) is 2. The summed E-state index contributed by atoms with van der Waals surface area (Å²) in [6.45, 7) is 7.56. The van der Waals surface area contributed by atoms with Gasteiger partial charge in [0.2, 0.25) is 0 Å². The van der Waals surface area contributed by atoms with Crippen LogP contribution in [0.15, 0.2) is 66.0 Å². The molecular weight excluding hydrogens is 439 g/mol. The van der Waals surface area contributed by atoms with Crippen LogP contribution in [0.1, 0.15) is 23.4 Å². The lowest BCUT2D eigenvalue weighted by molar-refractivity contribution is 0.163. The Morgan fingerprint density at radius 1 is 1.00 bits per heavy atom. The maximum atomic E-state index is 14.2. The van der Waals surface area contributed by atoms with Gasteiger partial charge in [-0.25, -0.2) is 4.39 Å². The van der Waals surface area contributed by atoms with Gasteiger partial charge in [-0.15, -0.1) is 11.3 Å². The Bertz CT molecular complexity index is 1030. The number of halogens is 1. The van der Waals surface area contributed by atoms with E-state index in [1.54, 1.807) is 17.4 Å². The van der Waals surface area contributed by atoms with Crippen LogP contribution in [0.25, 0.3) is 0 Å². The van der Waals surface area contributed by atoms with Crippen molar-refractivity contribution in [2.45, 2.75) is 25.9 Å². The maximum absolute atomic E-state index is 14.2. The molecule has 1 saturated heterocycles. The monoisotopic (exact) mass is 468 g/mol. The molecule has 0 unspecified atom stereocenters. The SMILES string of the molecule is Cc1ccccc1NC(=S)N[C@@H](C)[C@@H](c1cccs1)N1CCN(c2ccccc2F)CC1. The van der Waals surface area contributed by atoms with Gasteiger partial charge in [-0.2, -0.15) is 0 Å². The third-order valence-electron chi connectivity index (χ3n) is 5.96. The second kappa shape index (κ2) is 10.4. The number of anilines is 2. The molecular formula is C25H29FN4S2. The van der Waals surface area contributed by atoms with E-state index in [2.05, 4.69) is 57.9 Å². The summed E-state index contributed by atoms with van der Waals surface area (Å²) in [4.78, 5) is 5.93. The molecule has 0 amide bonds. The third-order valence-corrected chi connectivity index (χ3v) is 7.12. The Morgan fingerprint density at radius 2 is 1.72 bits per heavy atom. The van der Waals surface area contributed by atoms with Gasteiger partial charge in [-0.1, -0.05) is 36.4 Å². The van der Waals surface area contributed by atoms with Gasteiger partial charge in [0.25, 0.3) is 0 Å². The first-order valence-corrected chi connectivity index (χ1v) is 12.2. The second-order valence-electron chi connectivity index (χ2n) is 8.14. The predicted molar refractivity (Wildman–Crippen MR) is 137 cm³/mol. The van der Waals surface area contributed by atoms with Gasteiger partial charge in [0.05, 0.1) is 11.7 Å². The van der Waals surface area contributed by atoms with Gasteiger partial charge in [-0.05, 0) is 61.3 Å². The van der Waals surface area contributed by atoms with Crippen molar-refractivity contribution in [3.63, 3.8) is 0 Å². The minimum Gasteiger partial charge on any atom is -0.367 e. The Morgan fingerprint density at radius 3 is 2.41 bits per heavy atom. The number of rotatable bonds is 6. The molecule has 2 atom stereocenters. The number of hydrogen-bond donors (Lipinski definition) is 2. The maximum Gasteiger partial charge on any atom is 0.171 e. The Balaban J connectivity index is 1.43. The number of para-hydroxylation sites is 2. The molecule has 2 N–H and O–H groups in total. The van der Waals surface area contributed by atoms with E-state index in [-0.39, 0.29) is 17.9 Å². The van der Waals surface area contributed by atoms with Crippen LogP contribution in [0.5, 0.6) is 0 Å². The van der Waals surface area contributed by atoms with Gasteiger partial charge < -0.3 is 15.5 Å². The van der Waals surface area contributed by atoms with E-state index in [0.717, 1.165) is 37.4 Å². The quantitative estimate of drug-likeness (QED) is 0.471. The van der Waals surface area contributed by atoms with Crippen molar-refractivity contribution in [3.05, 3.63) is 82.3 Å². The molecule has 0 radical (unpaired) electrons. The Labute approximate surface area is 199 Å². The standard InChI is InChI=1S/C25H29FN4S2/c1-18-8-3-5-10-21(18)28-25(31)27-19(2)24(23-12-7-17-32-23)30-15-13-29(14-16-30)22-11-6-4-9-20(22)26/h3-12,17,19,24H,13-16H2,1-2H3,(H2,27,28,31)/t19-,24-/m0/s1. The zero-order valence-corrected chi connectivity index (χ0v) is 20.1. The first-order valence-electron chi connectivity index (χ1n) is 10.9. The lowest BCUT2D eigenvalue weighted by atomic mass is 10.0. The fourth-order valence-electron chi connectivity index (χ4n) is 4.31. The van der Waals surface area contributed by atoms with E-state index in [0.29, 0.717) is 10.8 Å². The molecule has 7 heteroatoms. The average Bonchev–Trinajstić information content (AvgIpc) is 3.31. The number of hydrogen-bond acceptors (Lipinski definition) is 4. The number of benzene rings is 2. The van der Waals surface area contributed by atoms with Crippen LogP contribution in [-0.4, -0.2) is 42.2 Å². The van der Waals surface area contributed by atoms with Crippen LogP contribution in [0, 0.1) is 12.7 Å². The fourth-order valence-corrected chi connectivity index (χ4v) is 5.57. The molecule has 0 spiro atoms. The summed E-state index contributed by atoms with van der Waals surface area (Å²) < 4.78 is 14.2. The van der Waals surface area contributed by atoms with Crippen LogP contribution in [-0.2, 0) is 0 Å². The lowest BCUT2D eigenvalue weighted by Gasteiger charge is -2.42. The van der Waals surface area contributed by atoms with Crippen molar-refractivity contribution < 1.29 is 4.39 Å². The van der Waals surface area contributed by atoms with Crippen molar-refractivity contribution in [2.24, 2.45) is 0 Å². The molecule has 4 rings (SSSR count). The average molecular weight is 469 g/mol. The lowest BCUT2D eigenvalue weighted by Crippen LogP contribution is -2.52. The van der Waals surface area contributed by atoms with Crippen LogP contribution in [0.4, 0.5) is 15.8 Å². The van der Waals surface area contributed by atoms with Crippen LogP contribution in [0.3, 0.4) is 0 Å². The van der Waals surface area contributed by atoms with Gasteiger partial charge in [0, 0.05) is 42.8 Å². The minimum absolute atomic E-state index is 0.109. The molecule has 0 saturated carbocycles. The molecule has 2 heterocycles. The van der Waals surface area contributed by atoms with Crippen molar-refractivity contribution in [1.29, 1.82) is 0 Å². The summed E-state index contributed by atoms with van der Waals surface area (Å²) in [5, 5.41) is 9.58. The van der Waals surface area contributed by atoms with Crippen LogP contribution in [0.2, 0.25) is 0 Å². The zero-order chi connectivity index (χ0) is 22.5. The molecule has 1 aliphatic heterocycles. The fraction of sp³-hybridized carbons (Fsp3) is 0.320. The van der Waals surface area contributed by atoms with E-state index in [4.69, 9.17) is 12.2 Å². The highest BCUT2D eigenvalue weighted by molar-refractivity contribution is 7.80. The summed E-state index contributed by atoms with van der Waals surface area (Å²) >= 11 is 7.40. The molecule has 0 bridgehead atoms. The van der Waals surface area contributed by atoms with Crippen molar-refractivity contribution >= 4 is 40.0 Å². The number of thiophene rings is 1. The van der Waals surface area contributed by atoms with Crippen LogP contribution < -0.4 is 15.5 Å². The summed E-state index contributed by atoms with van der Waals surface area (Å²) in [7, 11) is 0. The molecule has 1 fully saturated rings. The number of thiocarbonyl (C=S) groups is 1. The summed E-state index contributed by atoms with van der Waals surface area (Å²) in [6, 6.07) is 19.7. The van der Waals surface area contributed by atoms with Crippen molar-refractivity contribution in [3.8, 4) is 0 Å². The van der Waals surface area contributed by atoms with Gasteiger partial charge in [-0.3, -0.25) is 4.90 Å². The van der Waals surface area contributed by atoms with E-state index in [9.17, 15) is 4.39 Å². The van der Waals surface area contributed by atoms with E-state index in [1.165, 1.54) is 10.9 Å². The third kappa shape index (κ3) is 5.28. The summed E-state index contributed by atoms with van der Waals surface area (Å²) in [6.07, 6.45) is 0. The highest BCUT2D eigenvalue weighted by atomic mass is 32.1. The highest BCUT2D eigenvalue weighted by Crippen LogP contribution is 2.30. The highest BCUT2D eigenvalue weighted by Gasteiger charge is 2.31. The first kappa shape index (κ1) is 22.7. The van der Waals surface area contributed by atoms with Gasteiger partial charge in [0.1, 0.15) is 5.82 Å². The number of nitrogens with zero attached hydrogens (tertiary/aromatic N) is 2. The smallest absolute Gasteiger partial charge is 0.171 e. The molecule has 168 valence electrons. The molecule has 4 nitrogen and oxygen atoms in total. The van der Waals surface area contributed by atoms with E-state index < -0.39 is 0 Å². The number of aryl methyl sites for hydroxylation is 1. The van der Waals surface area contributed by atoms with Gasteiger partial charge in [0.15, 0.2) is 5.11 Å². The number of piperazine rings is 1. The van der Waals surface area contributed by atoms with Crippen molar-refractivity contribution in [2.75, 3.05) is 36.4 Å². The van der Waals surface area contributed by atoms with Crippen molar-refractivity contribution in [1.82, 2.24) is 10.2 Å². The second-order valence-corrected chi connectivity index (χ2v) is 9.52. The molecule has 3 aromatic rings. The molecule has 1 aromatic heterocycles. The molecule has 32 heavy (non-hydrogen) atoms. The molecule has 0 aliphatic carbocycles. The van der Waals surface area contributed by atoms with Gasteiger partial charge >= 0.3 is 0 Å². The Hall–Kier alpha value is -2.48. The zero-order valence-electron chi connectivity index (χ0n) is 18.4. The molecule has 1 aliphatic rings. The minimum atomic E-state index is -0.154. The summed E-state index contributed by atoms with van der Waals surface area (Å²) in [5.41, 5.74) is 2.86. The topological polar surface area (TPSA) is 30.5 Å². The molecule has 2 aromatic carbocycles. The Kier molecular flexibility index (Phi) is 7.40. The predicted octanol–water partition coefficient (Wildman–Crippen LogP) is 5.43.